The Morgan fingerprint density at radius 1 is 0.769 bits per heavy atom. The van der Waals surface area contributed by atoms with Crippen LogP contribution in [0.1, 0.15) is 30.7 Å². The quantitative estimate of drug-likeness (QED) is 0.561. The summed E-state index contributed by atoms with van der Waals surface area (Å²) < 4.78 is 11.9. The van der Waals surface area contributed by atoms with Gasteiger partial charge in [0.15, 0.2) is 0 Å². The highest BCUT2D eigenvalue weighted by Crippen LogP contribution is 2.21. The van der Waals surface area contributed by atoms with E-state index in [4.69, 9.17) is 9.47 Å². The summed E-state index contributed by atoms with van der Waals surface area (Å²) in [4.78, 5) is 4.30. The summed E-state index contributed by atoms with van der Waals surface area (Å²) in [5.41, 5.74) is 3.08. The molecule has 1 heterocycles. The van der Waals surface area contributed by atoms with Gasteiger partial charge in [0.05, 0.1) is 17.9 Å². The van der Waals surface area contributed by atoms with Crippen molar-refractivity contribution in [2.45, 2.75) is 39.1 Å². The number of benzene rings is 2. The Bertz CT molecular complexity index is 783. The zero-order valence-corrected chi connectivity index (χ0v) is 15.4. The van der Waals surface area contributed by atoms with E-state index in [9.17, 15) is 0 Å². The van der Waals surface area contributed by atoms with Gasteiger partial charge in [0.25, 0.3) is 0 Å². The molecule has 0 aliphatic rings. The van der Waals surface area contributed by atoms with Gasteiger partial charge < -0.3 is 9.47 Å². The van der Waals surface area contributed by atoms with Gasteiger partial charge in [0.1, 0.15) is 12.4 Å². The molecule has 3 rings (SSSR count). The summed E-state index contributed by atoms with van der Waals surface area (Å²) in [6.07, 6.45) is 2.62. The highest BCUT2D eigenvalue weighted by molar-refractivity contribution is 5.28. The smallest absolute Gasteiger partial charge is 0.119 e. The van der Waals surface area contributed by atoms with Gasteiger partial charge in [-0.05, 0) is 49.2 Å². The van der Waals surface area contributed by atoms with Crippen molar-refractivity contribution in [2.75, 3.05) is 0 Å². The average Bonchev–Trinajstić information content (AvgIpc) is 2.67. The van der Waals surface area contributed by atoms with Gasteiger partial charge in [0, 0.05) is 12.6 Å². The summed E-state index contributed by atoms with van der Waals surface area (Å²) in [6.45, 7) is 5.32. The monoisotopic (exact) mass is 347 g/mol. The van der Waals surface area contributed by atoms with E-state index < -0.39 is 0 Å². The molecule has 0 saturated heterocycles. The topological polar surface area (TPSA) is 31.4 Å². The normalized spacial score (nSPS) is 11.3. The highest BCUT2D eigenvalue weighted by atomic mass is 16.5. The molecule has 1 aromatic heterocycles. The number of ether oxygens (including phenoxy) is 2. The van der Waals surface area contributed by atoms with Crippen molar-refractivity contribution in [3.05, 3.63) is 95.8 Å². The van der Waals surface area contributed by atoms with Crippen LogP contribution in [-0.4, -0.2) is 10.6 Å². The lowest BCUT2D eigenvalue weighted by molar-refractivity contribution is -0.0301. The van der Waals surface area contributed by atoms with Gasteiger partial charge in [-0.15, -0.1) is 0 Å². The predicted octanol–water partition coefficient (Wildman–Crippen LogP) is 5.20. The molecular formula is C23H25NO2. The molecule has 3 heteroatoms. The third-order valence-corrected chi connectivity index (χ3v) is 4.14. The van der Waals surface area contributed by atoms with Gasteiger partial charge >= 0.3 is 0 Å². The van der Waals surface area contributed by atoms with Crippen LogP contribution >= 0.6 is 0 Å². The maximum atomic E-state index is 6.06. The Morgan fingerprint density at radius 3 is 2.19 bits per heavy atom. The molecule has 3 nitrogen and oxygen atoms in total. The Labute approximate surface area is 155 Å². The van der Waals surface area contributed by atoms with E-state index in [1.54, 1.807) is 6.20 Å². The van der Waals surface area contributed by atoms with Crippen molar-refractivity contribution in [3.8, 4) is 5.75 Å². The van der Waals surface area contributed by atoms with E-state index >= 15 is 0 Å². The van der Waals surface area contributed by atoms with Crippen LogP contribution < -0.4 is 4.74 Å². The number of hydrogen-bond acceptors (Lipinski definition) is 3. The van der Waals surface area contributed by atoms with E-state index in [0.29, 0.717) is 13.2 Å². The van der Waals surface area contributed by atoms with Crippen LogP contribution in [0.4, 0.5) is 0 Å². The minimum absolute atomic E-state index is 0.260. The lowest BCUT2D eigenvalue weighted by Crippen LogP contribution is -2.27. The Kier molecular flexibility index (Phi) is 6.03. The maximum Gasteiger partial charge on any atom is 0.119 e. The first-order chi connectivity index (χ1) is 12.6. The van der Waals surface area contributed by atoms with Gasteiger partial charge in [-0.1, -0.05) is 48.5 Å². The number of pyridine rings is 1. The number of nitrogens with zero attached hydrogens (tertiary/aromatic N) is 1. The predicted molar refractivity (Wildman–Crippen MR) is 104 cm³/mol. The summed E-state index contributed by atoms with van der Waals surface area (Å²) in [7, 11) is 0. The van der Waals surface area contributed by atoms with Crippen LogP contribution in [-0.2, 0) is 24.4 Å². The Morgan fingerprint density at radius 2 is 1.50 bits per heavy atom. The summed E-state index contributed by atoms with van der Waals surface area (Å²) in [5.74, 6) is 0.879. The fourth-order valence-electron chi connectivity index (χ4n) is 2.74. The van der Waals surface area contributed by atoms with Crippen molar-refractivity contribution >= 4 is 0 Å². The van der Waals surface area contributed by atoms with E-state index in [1.807, 2.05) is 48.5 Å². The van der Waals surface area contributed by atoms with Crippen LogP contribution in [0.5, 0.6) is 5.75 Å². The molecule has 0 fully saturated rings. The molecule has 3 aromatic rings. The van der Waals surface area contributed by atoms with Crippen molar-refractivity contribution in [1.29, 1.82) is 0 Å². The summed E-state index contributed by atoms with van der Waals surface area (Å²) in [6, 6.07) is 24.3. The molecule has 0 spiro atoms. The first-order valence-electron chi connectivity index (χ1n) is 8.90. The molecule has 0 aliphatic carbocycles. The molecule has 0 saturated carbocycles. The summed E-state index contributed by atoms with van der Waals surface area (Å²) >= 11 is 0. The molecule has 134 valence electrons. The molecule has 26 heavy (non-hydrogen) atoms. The summed E-state index contributed by atoms with van der Waals surface area (Å²) in [5, 5.41) is 0. The minimum atomic E-state index is -0.260. The first-order valence-corrected chi connectivity index (χ1v) is 8.90. The lowest BCUT2D eigenvalue weighted by Gasteiger charge is -2.25. The zero-order chi connectivity index (χ0) is 18.2. The van der Waals surface area contributed by atoms with Crippen molar-refractivity contribution in [3.63, 3.8) is 0 Å². The van der Waals surface area contributed by atoms with Crippen LogP contribution in [0, 0.1) is 0 Å². The third-order valence-electron chi connectivity index (χ3n) is 4.14. The van der Waals surface area contributed by atoms with Crippen LogP contribution in [0.3, 0.4) is 0 Å². The van der Waals surface area contributed by atoms with Crippen molar-refractivity contribution in [2.24, 2.45) is 0 Å². The van der Waals surface area contributed by atoms with Crippen LogP contribution in [0.2, 0.25) is 0 Å². The Hall–Kier alpha value is -2.65. The second-order valence-electron chi connectivity index (χ2n) is 6.96. The molecule has 2 aromatic carbocycles. The average molecular weight is 347 g/mol. The molecular weight excluding hydrogens is 322 g/mol. The largest absolute Gasteiger partial charge is 0.489 e. The second kappa shape index (κ2) is 8.63. The van der Waals surface area contributed by atoms with E-state index in [1.165, 1.54) is 11.1 Å². The van der Waals surface area contributed by atoms with Gasteiger partial charge in [0.2, 0.25) is 0 Å². The number of aromatic nitrogens is 1. The molecule has 0 atom stereocenters. The maximum absolute atomic E-state index is 6.06. The fourth-order valence-corrected chi connectivity index (χ4v) is 2.74. The van der Waals surface area contributed by atoms with Gasteiger partial charge in [-0.2, -0.15) is 0 Å². The standard InChI is InChI=1S/C23H25NO2/c1-23(2,26-18-21-10-6-7-15-24-21)16-19-11-13-22(14-12-19)25-17-20-8-4-3-5-9-20/h3-15H,16-18H2,1-2H3. The lowest BCUT2D eigenvalue weighted by atomic mass is 9.98. The highest BCUT2D eigenvalue weighted by Gasteiger charge is 2.19. The fraction of sp³-hybridized carbons (Fsp3) is 0.261. The van der Waals surface area contributed by atoms with Gasteiger partial charge in [-0.3, -0.25) is 4.98 Å². The van der Waals surface area contributed by atoms with Crippen molar-refractivity contribution < 1.29 is 9.47 Å². The molecule has 0 N–H and O–H groups in total. The van der Waals surface area contributed by atoms with Crippen LogP contribution in [0.25, 0.3) is 0 Å². The van der Waals surface area contributed by atoms with E-state index in [0.717, 1.165) is 17.9 Å². The Balaban J connectivity index is 1.51. The van der Waals surface area contributed by atoms with Gasteiger partial charge in [-0.25, -0.2) is 0 Å². The molecule has 0 amide bonds. The number of hydrogen-bond donors (Lipinski definition) is 0. The minimum Gasteiger partial charge on any atom is -0.489 e. The molecule has 0 unspecified atom stereocenters. The van der Waals surface area contributed by atoms with Crippen LogP contribution in [0.15, 0.2) is 79.0 Å². The zero-order valence-electron chi connectivity index (χ0n) is 15.4. The van der Waals surface area contributed by atoms with E-state index in [2.05, 4.69) is 43.1 Å². The third kappa shape index (κ3) is 5.71. The van der Waals surface area contributed by atoms with Crippen molar-refractivity contribution in [1.82, 2.24) is 4.98 Å². The molecule has 0 bridgehead atoms. The second-order valence-corrected chi connectivity index (χ2v) is 6.96. The molecule has 0 aliphatic heterocycles. The molecule has 0 radical (unpaired) electrons. The number of rotatable bonds is 8. The first kappa shape index (κ1) is 18.2. The van der Waals surface area contributed by atoms with E-state index in [-0.39, 0.29) is 5.60 Å². The SMILES string of the molecule is CC(C)(Cc1ccc(OCc2ccccc2)cc1)OCc1ccccn1.